The third-order valence-electron chi connectivity index (χ3n) is 2.96. The van der Waals surface area contributed by atoms with E-state index in [2.05, 4.69) is 10.6 Å². The third-order valence-corrected chi connectivity index (χ3v) is 3.28. The number of amides is 2. The van der Waals surface area contributed by atoms with E-state index in [1.165, 1.54) is 25.1 Å². The zero-order valence-corrected chi connectivity index (χ0v) is 12.5. The van der Waals surface area contributed by atoms with Crippen molar-refractivity contribution in [1.29, 1.82) is 5.26 Å². The Hall–Kier alpha value is -2.26. The van der Waals surface area contributed by atoms with E-state index in [0.717, 1.165) is 0 Å². The van der Waals surface area contributed by atoms with Gasteiger partial charge in [-0.15, -0.1) is 0 Å². The number of anilines is 1. The van der Waals surface area contributed by atoms with Gasteiger partial charge < -0.3 is 15.7 Å². The summed E-state index contributed by atoms with van der Waals surface area (Å²) in [5.74, 6) is -1.11. The van der Waals surface area contributed by atoms with Crippen molar-refractivity contribution < 1.29 is 14.7 Å². The molecule has 0 aliphatic heterocycles. The lowest BCUT2D eigenvalue weighted by Gasteiger charge is -2.25. The van der Waals surface area contributed by atoms with Gasteiger partial charge in [0.25, 0.3) is 0 Å². The van der Waals surface area contributed by atoms with Crippen LogP contribution in [0.15, 0.2) is 18.2 Å². The minimum absolute atomic E-state index is 0.248. The first-order valence-electron chi connectivity index (χ1n) is 6.34. The number of nitriles is 1. The van der Waals surface area contributed by atoms with Crippen molar-refractivity contribution in [3.63, 3.8) is 0 Å². The van der Waals surface area contributed by atoms with Gasteiger partial charge in [-0.3, -0.25) is 0 Å². The van der Waals surface area contributed by atoms with Gasteiger partial charge in [0, 0.05) is 0 Å². The van der Waals surface area contributed by atoms with E-state index in [1.54, 1.807) is 0 Å². The number of urea groups is 1. The minimum atomic E-state index is -1.36. The summed E-state index contributed by atoms with van der Waals surface area (Å²) in [6.45, 7) is 3.26. The molecule has 3 N–H and O–H groups in total. The molecule has 0 aliphatic rings. The summed E-state index contributed by atoms with van der Waals surface area (Å²) >= 11 is 5.92. The highest BCUT2D eigenvalue weighted by Crippen LogP contribution is 2.23. The zero-order chi connectivity index (χ0) is 16.0. The zero-order valence-electron chi connectivity index (χ0n) is 11.7. The molecule has 1 atom stereocenters. The smallest absolute Gasteiger partial charge is 0.329 e. The Morgan fingerprint density at radius 2 is 2.14 bits per heavy atom. The molecule has 0 aromatic heterocycles. The van der Waals surface area contributed by atoms with Crippen molar-refractivity contribution in [1.82, 2.24) is 5.32 Å². The Labute approximate surface area is 127 Å². The first-order chi connectivity index (χ1) is 9.82. The van der Waals surface area contributed by atoms with Crippen LogP contribution in [0.2, 0.25) is 5.02 Å². The molecule has 0 radical (unpaired) electrons. The molecule has 1 aromatic carbocycles. The molecule has 21 heavy (non-hydrogen) atoms. The average Bonchev–Trinajstić information content (AvgIpc) is 2.41. The number of carboxylic acids is 1. The molecular formula is C14H16ClN3O3. The minimum Gasteiger partial charge on any atom is -0.480 e. The van der Waals surface area contributed by atoms with Crippen molar-refractivity contribution in [3.8, 4) is 6.07 Å². The SMILES string of the molecule is CCCC(C)(NC(=O)Nc1cc(C#N)ccc1Cl)C(=O)O. The first kappa shape index (κ1) is 16.8. The topological polar surface area (TPSA) is 102 Å². The Kier molecular flexibility index (Phi) is 5.56. The monoisotopic (exact) mass is 309 g/mol. The molecule has 1 aromatic rings. The number of carboxylic acid groups (broad SMARTS) is 1. The lowest BCUT2D eigenvalue weighted by Crippen LogP contribution is -2.53. The fourth-order valence-corrected chi connectivity index (χ4v) is 1.98. The molecular weight excluding hydrogens is 294 g/mol. The molecule has 0 saturated heterocycles. The first-order valence-corrected chi connectivity index (χ1v) is 6.72. The molecule has 0 fully saturated rings. The van der Waals surface area contributed by atoms with E-state index in [4.69, 9.17) is 16.9 Å². The number of benzene rings is 1. The van der Waals surface area contributed by atoms with Gasteiger partial charge in [0.1, 0.15) is 5.54 Å². The van der Waals surface area contributed by atoms with E-state index < -0.39 is 17.5 Å². The number of carbonyl (C=O) groups is 2. The van der Waals surface area contributed by atoms with Crippen molar-refractivity contribution in [2.45, 2.75) is 32.2 Å². The largest absolute Gasteiger partial charge is 0.480 e. The van der Waals surface area contributed by atoms with Crippen LogP contribution in [-0.2, 0) is 4.79 Å². The molecule has 1 unspecified atom stereocenters. The summed E-state index contributed by atoms with van der Waals surface area (Å²) in [7, 11) is 0. The molecule has 0 spiro atoms. The van der Waals surface area contributed by atoms with E-state index in [-0.39, 0.29) is 10.7 Å². The van der Waals surface area contributed by atoms with Gasteiger partial charge in [0.05, 0.1) is 22.3 Å². The van der Waals surface area contributed by atoms with Crippen LogP contribution in [0.4, 0.5) is 10.5 Å². The lowest BCUT2D eigenvalue weighted by molar-refractivity contribution is -0.143. The fourth-order valence-electron chi connectivity index (χ4n) is 1.82. The molecule has 1 rings (SSSR count). The number of nitrogens with one attached hydrogen (secondary N) is 2. The van der Waals surface area contributed by atoms with E-state index in [9.17, 15) is 14.7 Å². The van der Waals surface area contributed by atoms with Gasteiger partial charge >= 0.3 is 12.0 Å². The Morgan fingerprint density at radius 1 is 1.48 bits per heavy atom. The molecule has 0 bridgehead atoms. The third kappa shape index (κ3) is 4.36. The summed E-state index contributed by atoms with van der Waals surface area (Å²) in [6.07, 6.45) is 0.898. The maximum Gasteiger partial charge on any atom is 0.329 e. The van der Waals surface area contributed by atoms with Gasteiger partial charge in [-0.2, -0.15) is 5.26 Å². The maximum atomic E-state index is 11.9. The van der Waals surface area contributed by atoms with Crippen LogP contribution in [0.1, 0.15) is 32.3 Å². The Morgan fingerprint density at radius 3 is 2.67 bits per heavy atom. The van der Waals surface area contributed by atoms with Crippen LogP contribution in [0.5, 0.6) is 0 Å². The highest BCUT2D eigenvalue weighted by Gasteiger charge is 2.33. The van der Waals surface area contributed by atoms with Crippen LogP contribution in [0.25, 0.3) is 0 Å². The number of halogens is 1. The van der Waals surface area contributed by atoms with E-state index >= 15 is 0 Å². The van der Waals surface area contributed by atoms with Gasteiger partial charge in [-0.25, -0.2) is 9.59 Å². The molecule has 6 nitrogen and oxygen atoms in total. The van der Waals surface area contributed by atoms with Crippen molar-refractivity contribution in [2.75, 3.05) is 5.32 Å². The summed E-state index contributed by atoms with van der Waals surface area (Å²) in [4.78, 5) is 23.2. The van der Waals surface area contributed by atoms with E-state index in [1.807, 2.05) is 13.0 Å². The number of carbonyl (C=O) groups excluding carboxylic acids is 1. The molecule has 0 saturated carbocycles. The van der Waals surface area contributed by atoms with E-state index in [0.29, 0.717) is 18.4 Å². The molecule has 2 amide bonds. The predicted molar refractivity (Wildman–Crippen MR) is 79.3 cm³/mol. The normalized spacial score (nSPS) is 12.9. The van der Waals surface area contributed by atoms with Crippen LogP contribution >= 0.6 is 11.6 Å². The number of hydrogen-bond donors (Lipinski definition) is 3. The molecule has 0 heterocycles. The van der Waals surface area contributed by atoms with Crippen molar-refractivity contribution in [2.24, 2.45) is 0 Å². The van der Waals surface area contributed by atoms with Crippen molar-refractivity contribution >= 4 is 29.3 Å². The summed E-state index contributed by atoms with van der Waals surface area (Å²) in [5, 5.41) is 23.2. The highest BCUT2D eigenvalue weighted by atomic mass is 35.5. The Balaban J connectivity index is 2.87. The number of rotatable bonds is 5. The van der Waals surface area contributed by atoms with Crippen LogP contribution in [0, 0.1) is 11.3 Å². The summed E-state index contributed by atoms with van der Waals surface area (Å²) < 4.78 is 0. The molecule has 7 heteroatoms. The standard InChI is InChI=1S/C14H16ClN3O3/c1-3-6-14(2,12(19)20)18-13(21)17-11-7-9(8-16)4-5-10(11)15/h4-5,7H,3,6H2,1-2H3,(H,19,20)(H2,17,18,21). The summed E-state index contributed by atoms with van der Waals surface area (Å²) in [5.41, 5.74) is -0.778. The van der Waals surface area contributed by atoms with Crippen LogP contribution in [0.3, 0.4) is 0 Å². The van der Waals surface area contributed by atoms with Gasteiger partial charge in [-0.05, 0) is 31.5 Å². The number of nitrogens with zero attached hydrogens (tertiary/aromatic N) is 1. The predicted octanol–water partition coefficient (Wildman–Crippen LogP) is 2.98. The number of aliphatic carboxylic acids is 1. The van der Waals surface area contributed by atoms with Crippen LogP contribution < -0.4 is 10.6 Å². The second-order valence-corrected chi connectivity index (χ2v) is 5.18. The molecule has 112 valence electrons. The van der Waals surface area contributed by atoms with Gasteiger partial charge in [0.2, 0.25) is 0 Å². The summed E-state index contributed by atoms with van der Waals surface area (Å²) in [6, 6.07) is 5.66. The van der Waals surface area contributed by atoms with Gasteiger partial charge in [0.15, 0.2) is 0 Å². The molecule has 0 aliphatic carbocycles. The quantitative estimate of drug-likeness (QED) is 0.778. The average molecular weight is 310 g/mol. The second-order valence-electron chi connectivity index (χ2n) is 4.77. The lowest BCUT2D eigenvalue weighted by atomic mass is 9.97. The second kappa shape index (κ2) is 6.95. The van der Waals surface area contributed by atoms with Gasteiger partial charge in [-0.1, -0.05) is 24.9 Å². The number of hydrogen-bond acceptors (Lipinski definition) is 3. The highest BCUT2D eigenvalue weighted by molar-refractivity contribution is 6.33. The van der Waals surface area contributed by atoms with Crippen molar-refractivity contribution in [3.05, 3.63) is 28.8 Å². The maximum absolute atomic E-state index is 11.9. The Bertz CT molecular complexity index is 598. The fraction of sp³-hybridized carbons (Fsp3) is 0.357. The van der Waals surface area contributed by atoms with Crippen LogP contribution in [-0.4, -0.2) is 22.6 Å².